The van der Waals surface area contributed by atoms with Gasteiger partial charge in [-0.2, -0.15) is 0 Å². The predicted molar refractivity (Wildman–Crippen MR) is 71.5 cm³/mol. The van der Waals surface area contributed by atoms with Gasteiger partial charge in [-0.3, -0.25) is 0 Å². The van der Waals surface area contributed by atoms with Crippen LogP contribution in [0.15, 0.2) is 18.2 Å². The molecule has 0 atom stereocenters. The van der Waals surface area contributed by atoms with E-state index in [0.717, 1.165) is 12.3 Å². The first-order chi connectivity index (χ1) is 8.63. The van der Waals surface area contributed by atoms with Crippen LogP contribution in [0.1, 0.15) is 11.1 Å². The van der Waals surface area contributed by atoms with Gasteiger partial charge >= 0.3 is 0 Å². The van der Waals surface area contributed by atoms with Crippen LogP contribution in [0.5, 0.6) is 0 Å². The Hall–Kier alpha value is -0.990. The predicted octanol–water partition coefficient (Wildman–Crippen LogP) is 0.244. The van der Waals surface area contributed by atoms with Gasteiger partial charge in [0.05, 0.1) is 17.3 Å². The standard InChI is InChI=1S/C11H16FNO4S2/c1-18(14,15)4-5-19(16,17)8-10-6-11(12)3-2-9(10)7-13/h2-3,6H,4-5,7-8,13H2,1H3. The fraction of sp³-hybridized carbons (Fsp3) is 0.455. The van der Waals surface area contributed by atoms with E-state index in [-0.39, 0.29) is 12.1 Å². The van der Waals surface area contributed by atoms with Crippen LogP contribution in [-0.4, -0.2) is 34.6 Å². The van der Waals surface area contributed by atoms with Gasteiger partial charge in [0.2, 0.25) is 0 Å². The summed E-state index contributed by atoms with van der Waals surface area (Å²) >= 11 is 0. The molecule has 0 fully saturated rings. The van der Waals surface area contributed by atoms with Gasteiger partial charge < -0.3 is 5.73 Å². The molecule has 0 aliphatic carbocycles. The van der Waals surface area contributed by atoms with Gasteiger partial charge in [-0.25, -0.2) is 21.2 Å². The molecule has 1 aromatic carbocycles. The lowest BCUT2D eigenvalue weighted by molar-refractivity contribution is 0.589. The largest absolute Gasteiger partial charge is 0.326 e. The van der Waals surface area contributed by atoms with Gasteiger partial charge in [-0.05, 0) is 23.3 Å². The molecule has 0 amide bonds. The monoisotopic (exact) mass is 309 g/mol. The number of hydrogen-bond acceptors (Lipinski definition) is 5. The van der Waals surface area contributed by atoms with E-state index in [9.17, 15) is 21.2 Å². The zero-order chi connectivity index (χ0) is 14.7. The molecule has 0 saturated heterocycles. The molecule has 1 rings (SSSR count). The minimum atomic E-state index is -3.62. The third-order valence-electron chi connectivity index (χ3n) is 2.53. The Morgan fingerprint density at radius 1 is 1.11 bits per heavy atom. The average molecular weight is 309 g/mol. The number of hydrogen-bond donors (Lipinski definition) is 1. The van der Waals surface area contributed by atoms with Crippen LogP contribution in [0.4, 0.5) is 4.39 Å². The molecule has 8 heteroatoms. The topological polar surface area (TPSA) is 94.3 Å². The molecule has 0 aliphatic rings. The van der Waals surface area contributed by atoms with Crippen molar-refractivity contribution in [1.29, 1.82) is 0 Å². The van der Waals surface area contributed by atoms with Gasteiger partial charge in [0.15, 0.2) is 9.84 Å². The quantitative estimate of drug-likeness (QED) is 0.812. The van der Waals surface area contributed by atoms with E-state index >= 15 is 0 Å². The van der Waals surface area contributed by atoms with E-state index in [1.54, 1.807) is 0 Å². The highest BCUT2D eigenvalue weighted by atomic mass is 32.2. The Balaban J connectivity index is 2.92. The lowest BCUT2D eigenvalue weighted by Crippen LogP contribution is -2.18. The highest BCUT2D eigenvalue weighted by Gasteiger charge is 2.17. The molecule has 0 heterocycles. The molecule has 0 aliphatic heterocycles. The van der Waals surface area contributed by atoms with Crippen molar-refractivity contribution in [2.45, 2.75) is 12.3 Å². The number of rotatable bonds is 6. The molecule has 0 saturated carbocycles. The molecule has 0 spiro atoms. The van der Waals surface area contributed by atoms with Crippen molar-refractivity contribution in [3.63, 3.8) is 0 Å². The summed E-state index contributed by atoms with van der Waals surface area (Å²) in [5.74, 6) is -1.88. The van der Waals surface area contributed by atoms with Gasteiger partial charge in [0.25, 0.3) is 0 Å². The summed E-state index contributed by atoms with van der Waals surface area (Å²) in [5.41, 5.74) is 6.26. The Morgan fingerprint density at radius 2 is 1.74 bits per heavy atom. The number of halogens is 1. The summed E-state index contributed by atoms with van der Waals surface area (Å²) in [6, 6.07) is 3.74. The first-order valence-corrected chi connectivity index (χ1v) is 9.37. The fourth-order valence-corrected chi connectivity index (χ4v) is 4.63. The van der Waals surface area contributed by atoms with Crippen molar-refractivity contribution in [2.75, 3.05) is 17.8 Å². The molecule has 0 radical (unpaired) electrons. The summed E-state index contributed by atoms with van der Waals surface area (Å²) in [5, 5.41) is 0. The van der Waals surface area contributed by atoms with Crippen LogP contribution in [0.3, 0.4) is 0 Å². The number of nitrogens with two attached hydrogens (primary N) is 1. The van der Waals surface area contributed by atoms with Crippen LogP contribution in [0.2, 0.25) is 0 Å². The summed E-state index contributed by atoms with van der Waals surface area (Å²) in [6.45, 7) is 0.0945. The molecular weight excluding hydrogens is 293 g/mol. The molecule has 0 unspecified atom stereocenters. The minimum absolute atomic E-state index is 0.0945. The summed E-state index contributed by atoms with van der Waals surface area (Å²) in [6.07, 6.45) is 0.968. The van der Waals surface area contributed by atoms with E-state index in [1.165, 1.54) is 12.1 Å². The minimum Gasteiger partial charge on any atom is -0.326 e. The highest BCUT2D eigenvalue weighted by molar-refractivity contribution is 7.94. The van der Waals surface area contributed by atoms with Gasteiger partial charge in [0, 0.05) is 12.8 Å². The molecule has 2 N–H and O–H groups in total. The van der Waals surface area contributed by atoms with Crippen molar-refractivity contribution in [1.82, 2.24) is 0 Å². The van der Waals surface area contributed by atoms with Crippen molar-refractivity contribution >= 4 is 19.7 Å². The maximum atomic E-state index is 13.1. The molecule has 1 aromatic rings. The van der Waals surface area contributed by atoms with E-state index in [4.69, 9.17) is 5.73 Å². The molecule has 108 valence electrons. The summed E-state index contributed by atoms with van der Waals surface area (Å²) in [4.78, 5) is 0. The first-order valence-electron chi connectivity index (χ1n) is 5.48. The normalized spacial score (nSPS) is 12.6. The molecule has 0 aromatic heterocycles. The molecular formula is C11H16FNO4S2. The highest BCUT2D eigenvalue weighted by Crippen LogP contribution is 2.15. The van der Waals surface area contributed by atoms with E-state index in [0.29, 0.717) is 5.56 Å². The smallest absolute Gasteiger partial charge is 0.155 e. The first kappa shape index (κ1) is 16.1. The van der Waals surface area contributed by atoms with E-state index in [2.05, 4.69) is 0 Å². The Labute approximate surface area is 112 Å². The third-order valence-corrected chi connectivity index (χ3v) is 5.31. The van der Waals surface area contributed by atoms with Crippen LogP contribution in [-0.2, 0) is 32.0 Å². The third kappa shape index (κ3) is 5.66. The van der Waals surface area contributed by atoms with Crippen molar-refractivity contribution in [3.05, 3.63) is 35.1 Å². The Bertz CT molecular complexity index is 653. The second-order valence-electron chi connectivity index (χ2n) is 4.34. The molecule has 0 bridgehead atoms. The van der Waals surface area contributed by atoms with Crippen LogP contribution in [0.25, 0.3) is 0 Å². The van der Waals surface area contributed by atoms with Gasteiger partial charge in [0.1, 0.15) is 15.7 Å². The maximum Gasteiger partial charge on any atom is 0.155 e. The van der Waals surface area contributed by atoms with Gasteiger partial charge in [-0.15, -0.1) is 0 Å². The average Bonchev–Trinajstić information content (AvgIpc) is 2.26. The maximum absolute atomic E-state index is 13.1. The second-order valence-corrected chi connectivity index (χ2v) is 8.78. The van der Waals surface area contributed by atoms with E-state index in [1.807, 2.05) is 0 Å². The second kappa shape index (κ2) is 5.98. The summed E-state index contributed by atoms with van der Waals surface area (Å²) < 4.78 is 58.6. The number of benzene rings is 1. The zero-order valence-corrected chi connectivity index (χ0v) is 12.1. The Morgan fingerprint density at radius 3 is 2.26 bits per heavy atom. The number of sulfone groups is 2. The Kier molecular flexibility index (Phi) is 5.05. The fourth-order valence-electron chi connectivity index (χ4n) is 1.52. The van der Waals surface area contributed by atoms with E-state index < -0.39 is 42.8 Å². The molecule has 5 nitrogen and oxygen atoms in total. The van der Waals surface area contributed by atoms with Crippen molar-refractivity contribution < 1.29 is 21.2 Å². The SMILES string of the molecule is CS(=O)(=O)CCS(=O)(=O)Cc1cc(F)ccc1CN. The zero-order valence-electron chi connectivity index (χ0n) is 10.5. The lowest BCUT2D eigenvalue weighted by Gasteiger charge is -2.08. The summed E-state index contributed by atoms with van der Waals surface area (Å²) in [7, 11) is -6.97. The van der Waals surface area contributed by atoms with Gasteiger partial charge in [-0.1, -0.05) is 6.07 Å². The molecule has 19 heavy (non-hydrogen) atoms. The van der Waals surface area contributed by atoms with Crippen molar-refractivity contribution in [3.8, 4) is 0 Å². The van der Waals surface area contributed by atoms with Crippen molar-refractivity contribution in [2.24, 2.45) is 5.73 Å². The van der Waals surface area contributed by atoms with Crippen LogP contribution < -0.4 is 5.73 Å². The van der Waals surface area contributed by atoms with Crippen LogP contribution in [0, 0.1) is 5.82 Å². The lowest BCUT2D eigenvalue weighted by atomic mass is 10.1. The van der Waals surface area contributed by atoms with Crippen LogP contribution >= 0.6 is 0 Å².